The van der Waals surface area contributed by atoms with Gasteiger partial charge in [-0.2, -0.15) is 0 Å². The number of rotatable bonds is 6. The van der Waals surface area contributed by atoms with Crippen molar-refractivity contribution in [3.8, 4) is 0 Å². The van der Waals surface area contributed by atoms with Crippen LogP contribution in [0.4, 0.5) is 14.5 Å². The Balaban J connectivity index is 1.49. The number of carbonyl (C=O) groups excluding carboxylic acids is 2. The van der Waals surface area contributed by atoms with Crippen molar-refractivity contribution in [2.24, 2.45) is 0 Å². The average Bonchev–Trinajstić information content (AvgIpc) is 3.12. The molecule has 27 heavy (non-hydrogen) atoms. The Morgan fingerprint density at radius 2 is 2.04 bits per heavy atom. The molecule has 5 nitrogen and oxygen atoms in total. The number of thiophene rings is 1. The molecule has 1 unspecified atom stereocenters. The van der Waals surface area contributed by atoms with Gasteiger partial charge >= 0.3 is 0 Å². The van der Waals surface area contributed by atoms with Crippen molar-refractivity contribution in [3.05, 3.63) is 51.7 Å². The molecule has 1 atom stereocenters. The lowest BCUT2D eigenvalue weighted by Gasteiger charge is -2.34. The second-order valence-electron chi connectivity index (χ2n) is 6.40. The summed E-state index contributed by atoms with van der Waals surface area (Å²) in [6.07, 6.45) is 1.83. The fourth-order valence-electron chi connectivity index (χ4n) is 3.31. The summed E-state index contributed by atoms with van der Waals surface area (Å²) >= 11 is 1.75. The molecule has 0 bridgehead atoms. The number of hydrogen-bond donors (Lipinski definition) is 2. The van der Waals surface area contributed by atoms with Gasteiger partial charge in [-0.15, -0.1) is 11.3 Å². The third-order valence-electron chi connectivity index (χ3n) is 4.59. The van der Waals surface area contributed by atoms with Crippen LogP contribution in [0.5, 0.6) is 0 Å². The number of amides is 2. The maximum Gasteiger partial charge on any atom is 0.243 e. The average molecular weight is 393 g/mol. The van der Waals surface area contributed by atoms with Crippen LogP contribution >= 0.6 is 11.3 Å². The largest absolute Gasteiger partial charge is 0.346 e. The lowest BCUT2D eigenvalue weighted by Crippen LogP contribution is -2.43. The van der Waals surface area contributed by atoms with E-state index in [1.165, 1.54) is 16.5 Å². The molecule has 3 rings (SSSR count). The maximum absolute atomic E-state index is 13.2. The molecular weight excluding hydrogens is 372 g/mol. The standard InChI is InChI=1S/C19H21F2N3O2S/c1-2-16-13-6-8-27-17(13)5-7-24(16)11-19(26)22-10-18(25)23-12-3-4-14(20)15(21)9-12/h3-4,6,8-9,16H,2,5,7,10-11H2,1H3,(H,22,26)(H,23,25). The first-order valence-electron chi connectivity index (χ1n) is 8.79. The Bertz CT molecular complexity index is 840. The molecule has 0 radical (unpaired) electrons. The lowest BCUT2D eigenvalue weighted by molar-refractivity contribution is -0.125. The minimum atomic E-state index is -1.04. The van der Waals surface area contributed by atoms with Gasteiger partial charge in [0, 0.05) is 29.2 Å². The van der Waals surface area contributed by atoms with Gasteiger partial charge in [0.05, 0.1) is 13.1 Å². The zero-order valence-electron chi connectivity index (χ0n) is 14.9. The first kappa shape index (κ1) is 19.4. The topological polar surface area (TPSA) is 61.4 Å². The molecule has 2 aromatic rings. The maximum atomic E-state index is 13.2. The van der Waals surface area contributed by atoms with E-state index in [1.54, 1.807) is 11.3 Å². The number of fused-ring (bicyclic) bond motifs is 1. The summed E-state index contributed by atoms with van der Waals surface area (Å²) in [4.78, 5) is 27.6. The van der Waals surface area contributed by atoms with E-state index in [9.17, 15) is 18.4 Å². The molecule has 1 aliphatic heterocycles. The first-order valence-corrected chi connectivity index (χ1v) is 9.67. The predicted octanol–water partition coefficient (Wildman–Crippen LogP) is 3.09. The third kappa shape index (κ3) is 4.70. The van der Waals surface area contributed by atoms with Crippen LogP contribution in [0.3, 0.4) is 0 Å². The highest BCUT2D eigenvalue weighted by molar-refractivity contribution is 7.10. The second-order valence-corrected chi connectivity index (χ2v) is 7.40. The van der Waals surface area contributed by atoms with Gasteiger partial charge in [-0.25, -0.2) is 8.78 Å². The Morgan fingerprint density at radius 1 is 1.22 bits per heavy atom. The molecule has 0 spiro atoms. The summed E-state index contributed by atoms with van der Waals surface area (Å²) < 4.78 is 26.1. The van der Waals surface area contributed by atoms with E-state index >= 15 is 0 Å². The fraction of sp³-hybridized carbons (Fsp3) is 0.368. The van der Waals surface area contributed by atoms with Crippen molar-refractivity contribution >= 4 is 28.8 Å². The van der Waals surface area contributed by atoms with Crippen LogP contribution in [-0.4, -0.2) is 36.3 Å². The molecular formula is C19H21F2N3O2S. The van der Waals surface area contributed by atoms with E-state index < -0.39 is 17.5 Å². The van der Waals surface area contributed by atoms with E-state index in [2.05, 4.69) is 33.9 Å². The van der Waals surface area contributed by atoms with E-state index in [4.69, 9.17) is 0 Å². The number of halogens is 2. The number of nitrogens with zero attached hydrogens (tertiary/aromatic N) is 1. The van der Waals surface area contributed by atoms with Crippen molar-refractivity contribution < 1.29 is 18.4 Å². The lowest BCUT2D eigenvalue weighted by atomic mass is 9.98. The number of anilines is 1. The van der Waals surface area contributed by atoms with Gasteiger partial charge in [-0.3, -0.25) is 14.5 Å². The first-order chi connectivity index (χ1) is 13.0. The Hall–Kier alpha value is -2.32. The van der Waals surface area contributed by atoms with Crippen LogP contribution in [-0.2, 0) is 16.0 Å². The number of nitrogens with one attached hydrogen (secondary N) is 2. The molecule has 2 N–H and O–H groups in total. The predicted molar refractivity (Wildman–Crippen MR) is 101 cm³/mol. The van der Waals surface area contributed by atoms with Gasteiger partial charge in [-0.05, 0) is 42.0 Å². The quantitative estimate of drug-likeness (QED) is 0.793. The van der Waals surface area contributed by atoms with Crippen molar-refractivity contribution in [1.29, 1.82) is 0 Å². The molecule has 144 valence electrons. The highest BCUT2D eigenvalue weighted by Gasteiger charge is 2.28. The van der Waals surface area contributed by atoms with Crippen molar-refractivity contribution in [1.82, 2.24) is 10.2 Å². The molecule has 8 heteroatoms. The molecule has 0 aliphatic carbocycles. The molecule has 2 amide bonds. The monoisotopic (exact) mass is 393 g/mol. The van der Waals surface area contributed by atoms with Crippen LogP contribution in [0.25, 0.3) is 0 Å². The minimum absolute atomic E-state index is 0.139. The highest BCUT2D eigenvalue weighted by atomic mass is 32.1. The number of benzene rings is 1. The normalized spacial score (nSPS) is 16.6. The summed E-state index contributed by atoms with van der Waals surface area (Å²) in [6.45, 7) is 2.89. The fourth-order valence-corrected chi connectivity index (χ4v) is 4.24. The Morgan fingerprint density at radius 3 is 2.78 bits per heavy atom. The Kier molecular flexibility index (Phi) is 6.18. The molecule has 0 saturated heterocycles. The van der Waals surface area contributed by atoms with Crippen molar-refractivity contribution in [3.63, 3.8) is 0 Å². The summed E-state index contributed by atoms with van der Waals surface area (Å²) in [5.41, 5.74) is 1.43. The number of carbonyl (C=O) groups is 2. The minimum Gasteiger partial charge on any atom is -0.346 e. The molecule has 2 heterocycles. The zero-order valence-corrected chi connectivity index (χ0v) is 15.7. The van der Waals surface area contributed by atoms with Crippen LogP contribution < -0.4 is 10.6 Å². The van der Waals surface area contributed by atoms with Crippen LogP contribution in [0.2, 0.25) is 0 Å². The zero-order chi connectivity index (χ0) is 19.4. The van der Waals surface area contributed by atoms with Gasteiger partial charge in [0.2, 0.25) is 11.8 Å². The molecule has 1 aliphatic rings. The van der Waals surface area contributed by atoms with Gasteiger partial charge in [-0.1, -0.05) is 6.92 Å². The highest BCUT2D eigenvalue weighted by Crippen LogP contribution is 2.34. The van der Waals surface area contributed by atoms with E-state index in [0.29, 0.717) is 0 Å². The van der Waals surface area contributed by atoms with E-state index in [-0.39, 0.29) is 30.7 Å². The van der Waals surface area contributed by atoms with Gasteiger partial charge in [0.15, 0.2) is 11.6 Å². The van der Waals surface area contributed by atoms with Crippen LogP contribution in [0.1, 0.15) is 29.8 Å². The van der Waals surface area contributed by atoms with Gasteiger partial charge in [0.25, 0.3) is 0 Å². The molecule has 1 aromatic carbocycles. The summed E-state index contributed by atoms with van der Waals surface area (Å²) in [6, 6.07) is 5.42. The SMILES string of the molecule is CCC1c2ccsc2CCN1CC(=O)NCC(=O)Nc1ccc(F)c(F)c1. The van der Waals surface area contributed by atoms with Crippen LogP contribution in [0, 0.1) is 11.6 Å². The summed E-state index contributed by atoms with van der Waals surface area (Å²) in [5, 5.41) is 7.09. The summed E-state index contributed by atoms with van der Waals surface area (Å²) in [5.74, 6) is -2.77. The molecule has 0 fully saturated rings. The Labute approximate surface area is 160 Å². The van der Waals surface area contributed by atoms with Crippen molar-refractivity contribution in [2.45, 2.75) is 25.8 Å². The second kappa shape index (κ2) is 8.58. The van der Waals surface area contributed by atoms with Gasteiger partial charge in [0.1, 0.15) is 0 Å². The molecule has 1 aromatic heterocycles. The number of hydrogen-bond acceptors (Lipinski definition) is 4. The van der Waals surface area contributed by atoms with Crippen molar-refractivity contribution in [2.75, 3.05) is 25.0 Å². The third-order valence-corrected chi connectivity index (χ3v) is 5.59. The van der Waals surface area contributed by atoms with E-state index in [0.717, 1.165) is 31.5 Å². The van der Waals surface area contributed by atoms with Gasteiger partial charge < -0.3 is 10.6 Å². The van der Waals surface area contributed by atoms with E-state index in [1.807, 2.05) is 0 Å². The van der Waals surface area contributed by atoms with Crippen LogP contribution in [0.15, 0.2) is 29.6 Å². The molecule has 0 saturated carbocycles. The smallest absolute Gasteiger partial charge is 0.243 e. The summed E-state index contributed by atoms with van der Waals surface area (Å²) in [7, 11) is 0.